The summed E-state index contributed by atoms with van der Waals surface area (Å²) in [6.07, 6.45) is 7.99. The fourth-order valence-electron chi connectivity index (χ4n) is 2.73. The molecule has 1 aromatic rings. The normalized spacial score (nSPS) is 16.5. The molecular weight excluding hydrogens is 274 g/mol. The van der Waals surface area contributed by atoms with Gasteiger partial charge in [0.25, 0.3) is 0 Å². The van der Waals surface area contributed by atoms with Gasteiger partial charge < -0.3 is 10.1 Å². The number of methoxy groups -OCH3 is 1. The zero-order valence-corrected chi connectivity index (χ0v) is 12.7. The van der Waals surface area contributed by atoms with Crippen LogP contribution in [0, 0.1) is 5.92 Å². The van der Waals surface area contributed by atoms with Crippen LogP contribution in [-0.2, 0) is 4.74 Å². The Labute approximate surface area is 125 Å². The largest absolute Gasteiger partial charge is 0.465 e. The molecule has 0 saturated heterocycles. The Hall–Kier alpha value is -1.22. The Balaban J connectivity index is 1.97. The molecule has 3 nitrogen and oxygen atoms in total. The zero-order valence-electron chi connectivity index (χ0n) is 12.0. The number of halogens is 1. The van der Waals surface area contributed by atoms with Crippen LogP contribution in [-0.4, -0.2) is 19.6 Å². The number of nitrogens with one attached hydrogen (secondary N) is 1. The van der Waals surface area contributed by atoms with Crippen LogP contribution >= 0.6 is 11.6 Å². The number of anilines is 1. The Bertz CT molecular complexity index is 454. The Kier molecular flexibility index (Phi) is 5.72. The lowest BCUT2D eigenvalue weighted by Crippen LogP contribution is -2.14. The summed E-state index contributed by atoms with van der Waals surface area (Å²) in [5.41, 5.74) is 1.35. The second-order valence-corrected chi connectivity index (χ2v) is 5.83. The average Bonchev–Trinajstić information content (AvgIpc) is 2.74. The number of hydrogen-bond acceptors (Lipinski definition) is 3. The molecule has 0 spiro atoms. The lowest BCUT2D eigenvalue weighted by Gasteiger charge is -2.16. The van der Waals surface area contributed by atoms with Crippen LogP contribution in [0.3, 0.4) is 0 Å². The molecule has 0 bridgehead atoms. The summed E-state index contributed by atoms with van der Waals surface area (Å²) < 4.78 is 4.73. The van der Waals surface area contributed by atoms with E-state index in [9.17, 15) is 4.79 Å². The van der Waals surface area contributed by atoms with Crippen LogP contribution in [0.5, 0.6) is 0 Å². The van der Waals surface area contributed by atoms with E-state index in [1.165, 1.54) is 45.6 Å². The summed E-state index contributed by atoms with van der Waals surface area (Å²) in [5.74, 6) is 0.336. The van der Waals surface area contributed by atoms with Crippen molar-refractivity contribution < 1.29 is 9.53 Å². The van der Waals surface area contributed by atoms with Crippen molar-refractivity contribution in [2.24, 2.45) is 5.92 Å². The maximum atomic E-state index is 11.6. The monoisotopic (exact) mass is 295 g/mol. The van der Waals surface area contributed by atoms with E-state index in [4.69, 9.17) is 16.3 Å². The predicted octanol–water partition coefficient (Wildman–Crippen LogP) is 4.51. The number of esters is 1. The van der Waals surface area contributed by atoms with Crippen molar-refractivity contribution in [1.82, 2.24) is 0 Å². The van der Waals surface area contributed by atoms with Crippen molar-refractivity contribution >= 4 is 23.3 Å². The minimum atomic E-state index is -0.395. The van der Waals surface area contributed by atoms with E-state index in [0.29, 0.717) is 10.6 Å². The Morgan fingerprint density at radius 3 is 2.65 bits per heavy atom. The number of rotatable bonds is 4. The molecule has 0 radical (unpaired) electrons. The van der Waals surface area contributed by atoms with E-state index >= 15 is 0 Å². The van der Waals surface area contributed by atoms with E-state index in [-0.39, 0.29) is 0 Å². The first-order valence-electron chi connectivity index (χ1n) is 7.32. The summed E-state index contributed by atoms with van der Waals surface area (Å²) in [6, 6.07) is 5.42. The maximum Gasteiger partial charge on any atom is 0.339 e. The topological polar surface area (TPSA) is 38.3 Å². The standard InChI is InChI=1S/C16H22ClNO2/c1-20-16(19)14-10-13(8-9-15(14)17)18-11-12-6-4-2-3-5-7-12/h8-10,12,18H,2-7,11H2,1H3. The number of carbonyl (C=O) groups is 1. The molecule has 110 valence electrons. The van der Waals surface area contributed by atoms with Crippen molar-refractivity contribution in [2.45, 2.75) is 38.5 Å². The first-order valence-corrected chi connectivity index (χ1v) is 7.70. The third-order valence-corrected chi connectivity index (χ3v) is 4.27. The van der Waals surface area contributed by atoms with Crippen LogP contribution in [0.15, 0.2) is 18.2 Å². The summed E-state index contributed by atoms with van der Waals surface area (Å²) in [6.45, 7) is 0.961. The van der Waals surface area contributed by atoms with Gasteiger partial charge in [0.05, 0.1) is 17.7 Å². The molecule has 0 unspecified atom stereocenters. The minimum Gasteiger partial charge on any atom is -0.465 e. The summed E-state index contributed by atoms with van der Waals surface area (Å²) >= 11 is 6.01. The summed E-state index contributed by atoms with van der Waals surface area (Å²) in [4.78, 5) is 11.6. The van der Waals surface area contributed by atoms with Crippen molar-refractivity contribution in [1.29, 1.82) is 0 Å². The quantitative estimate of drug-likeness (QED) is 0.656. The fraction of sp³-hybridized carbons (Fsp3) is 0.562. The fourth-order valence-corrected chi connectivity index (χ4v) is 2.93. The molecule has 1 aliphatic rings. The molecule has 20 heavy (non-hydrogen) atoms. The Morgan fingerprint density at radius 2 is 2.00 bits per heavy atom. The summed E-state index contributed by atoms with van der Waals surface area (Å²) in [5, 5.41) is 3.85. The molecule has 1 fully saturated rings. The zero-order chi connectivity index (χ0) is 14.4. The van der Waals surface area contributed by atoms with Gasteiger partial charge in [-0.15, -0.1) is 0 Å². The van der Waals surface area contributed by atoms with Gasteiger partial charge in [0, 0.05) is 12.2 Å². The number of carbonyl (C=O) groups excluding carboxylic acids is 1. The van der Waals surface area contributed by atoms with Crippen molar-refractivity contribution in [3.8, 4) is 0 Å². The predicted molar refractivity (Wildman–Crippen MR) is 82.5 cm³/mol. The van der Waals surface area contributed by atoms with Gasteiger partial charge in [0.15, 0.2) is 0 Å². The van der Waals surface area contributed by atoms with Gasteiger partial charge in [-0.25, -0.2) is 4.79 Å². The molecule has 1 N–H and O–H groups in total. The minimum absolute atomic E-state index is 0.395. The van der Waals surface area contributed by atoms with Crippen molar-refractivity contribution in [3.05, 3.63) is 28.8 Å². The highest BCUT2D eigenvalue weighted by Gasteiger charge is 2.14. The van der Waals surface area contributed by atoms with Crippen LogP contribution < -0.4 is 5.32 Å². The van der Waals surface area contributed by atoms with Gasteiger partial charge in [-0.2, -0.15) is 0 Å². The van der Waals surface area contributed by atoms with Crippen LogP contribution in [0.4, 0.5) is 5.69 Å². The van der Waals surface area contributed by atoms with Gasteiger partial charge in [-0.1, -0.05) is 37.3 Å². The lowest BCUT2D eigenvalue weighted by molar-refractivity contribution is 0.0601. The first kappa shape index (κ1) is 15.2. The first-order chi connectivity index (χ1) is 9.70. The maximum absolute atomic E-state index is 11.6. The van der Waals surface area contributed by atoms with Crippen LogP contribution in [0.1, 0.15) is 48.9 Å². The van der Waals surface area contributed by atoms with E-state index in [2.05, 4.69) is 5.32 Å². The molecule has 1 saturated carbocycles. The third-order valence-electron chi connectivity index (χ3n) is 3.94. The van der Waals surface area contributed by atoms with Gasteiger partial charge in [0.1, 0.15) is 0 Å². The van der Waals surface area contributed by atoms with Crippen molar-refractivity contribution in [2.75, 3.05) is 19.0 Å². The molecule has 0 heterocycles. The molecule has 0 aromatic heterocycles. The second kappa shape index (κ2) is 7.53. The van der Waals surface area contributed by atoms with E-state index in [1.54, 1.807) is 12.1 Å². The molecule has 1 aromatic carbocycles. The van der Waals surface area contributed by atoms with Gasteiger partial charge in [-0.3, -0.25) is 0 Å². The Morgan fingerprint density at radius 1 is 1.30 bits per heavy atom. The lowest BCUT2D eigenvalue weighted by atomic mass is 10.0. The molecular formula is C16H22ClNO2. The molecule has 0 atom stereocenters. The average molecular weight is 296 g/mol. The highest BCUT2D eigenvalue weighted by Crippen LogP contribution is 2.25. The third kappa shape index (κ3) is 4.14. The molecule has 0 amide bonds. The van der Waals surface area contributed by atoms with Gasteiger partial charge in [0.2, 0.25) is 0 Å². The smallest absolute Gasteiger partial charge is 0.339 e. The number of benzene rings is 1. The highest BCUT2D eigenvalue weighted by molar-refractivity contribution is 6.33. The molecule has 2 rings (SSSR count). The van der Waals surface area contributed by atoms with E-state index in [1.807, 2.05) is 6.07 Å². The molecule has 0 aliphatic heterocycles. The highest BCUT2D eigenvalue weighted by atomic mass is 35.5. The van der Waals surface area contributed by atoms with E-state index in [0.717, 1.165) is 18.2 Å². The van der Waals surface area contributed by atoms with Crippen LogP contribution in [0.2, 0.25) is 5.02 Å². The van der Waals surface area contributed by atoms with Gasteiger partial charge in [-0.05, 0) is 37.0 Å². The SMILES string of the molecule is COC(=O)c1cc(NCC2CCCCCC2)ccc1Cl. The molecule has 1 aliphatic carbocycles. The number of hydrogen-bond donors (Lipinski definition) is 1. The number of ether oxygens (including phenoxy) is 1. The summed E-state index contributed by atoms with van der Waals surface area (Å²) in [7, 11) is 1.37. The van der Waals surface area contributed by atoms with Gasteiger partial charge >= 0.3 is 5.97 Å². The van der Waals surface area contributed by atoms with E-state index < -0.39 is 5.97 Å². The van der Waals surface area contributed by atoms with Crippen molar-refractivity contribution in [3.63, 3.8) is 0 Å². The molecule has 4 heteroatoms. The second-order valence-electron chi connectivity index (χ2n) is 5.42. The van der Waals surface area contributed by atoms with Crippen LogP contribution in [0.25, 0.3) is 0 Å².